The van der Waals surface area contributed by atoms with E-state index in [-0.39, 0.29) is 6.42 Å². The number of hydrogen-bond acceptors (Lipinski definition) is 8. The number of nitrogens with one attached hydrogen (secondary N) is 1. The van der Waals surface area contributed by atoms with Crippen LogP contribution in [0.4, 0.5) is 4.79 Å². The van der Waals surface area contributed by atoms with Crippen LogP contribution in [0, 0.1) is 0 Å². The quantitative estimate of drug-likeness (QED) is 0.546. The monoisotopic (exact) mass is 335 g/mol. The lowest BCUT2D eigenvalue weighted by Crippen LogP contribution is -2.52. The van der Waals surface area contributed by atoms with E-state index in [2.05, 4.69) is 14.8 Å². The number of methoxy groups -OCH3 is 1. The van der Waals surface area contributed by atoms with Crippen LogP contribution in [0.25, 0.3) is 0 Å². The molecule has 9 heteroatoms. The largest absolute Gasteiger partial charge is 0.467 e. The third-order valence-electron chi connectivity index (χ3n) is 2.51. The van der Waals surface area contributed by atoms with Crippen LogP contribution < -0.4 is 5.32 Å². The van der Waals surface area contributed by atoms with Gasteiger partial charge in [-0.2, -0.15) is 0 Å². The summed E-state index contributed by atoms with van der Waals surface area (Å²) in [5.41, 5.74) is 0. The zero-order valence-corrected chi connectivity index (χ0v) is 14.1. The molecule has 0 aromatic carbocycles. The van der Waals surface area contributed by atoms with Gasteiger partial charge in [0, 0.05) is 13.3 Å². The molecule has 0 spiro atoms. The van der Waals surface area contributed by atoms with Crippen molar-refractivity contribution in [3.05, 3.63) is 0 Å². The fourth-order valence-corrected chi connectivity index (χ4v) is 2.20. The third-order valence-corrected chi connectivity index (χ3v) is 3.56. The Morgan fingerprint density at radius 1 is 1.18 bits per heavy atom. The zero-order valence-electron chi connectivity index (χ0n) is 13.3. The van der Waals surface area contributed by atoms with Gasteiger partial charge in [0.25, 0.3) is 0 Å². The van der Waals surface area contributed by atoms with Crippen molar-refractivity contribution >= 4 is 34.9 Å². The van der Waals surface area contributed by atoms with Gasteiger partial charge in [-0.25, -0.2) is 9.59 Å². The molecule has 0 aliphatic rings. The molecule has 0 aromatic heterocycles. The molecule has 0 rings (SSSR count). The third kappa shape index (κ3) is 7.30. The van der Waals surface area contributed by atoms with Crippen molar-refractivity contribution in [2.24, 2.45) is 0 Å². The molecule has 0 saturated heterocycles. The second kappa shape index (κ2) is 9.29. The first-order valence-corrected chi connectivity index (χ1v) is 7.32. The predicted octanol–water partition coefficient (Wildman–Crippen LogP) is 1.22. The molecule has 126 valence electrons. The van der Waals surface area contributed by atoms with Crippen LogP contribution in [0.15, 0.2) is 0 Å². The molecule has 1 atom stereocenters. The lowest BCUT2D eigenvalue weighted by Gasteiger charge is -2.30. The maximum atomic E-state index is 11.7. The summed E-state index contributed by atoms with van der Waals surface area (Å²) in [7, 11) is 1.18. The van der Waals surface area contributed by atoms with E-state index in [0.717, 1.165) is 0 Å². The van der Waals surface area contributed by atoms with E-state index in [9.17, 15) is 19.2 Å². The van der Waals surface area contributed by atoms with Gasteiger partial charge in [0.2, 0.25) is 12.7 Å². The molecule has 0 bridgehead atoms. The van der Waals surface area contributed by atoms with E-state index in [1.807, 2.05) is 0 Å². The summed E-state index contributed by atoms with van der Waals surface area (Å²) >= 11 is 0.687. The van der Waals surface area contributed by atoms with Gasteiger partial charge in [0.1, 0.15) is 6.04 Å². The normalized spacial score (nSPS) is 12.0. The van der Waals surface area contributed by atoms with Gasteiger partial charge in [-0.15, -0.1) is 0 Å². The highest BCUT2D eigenvalue weighted by atomic mass is 32.2. The van der Waals surface area contributed by atoms with Crippen LogP contribution in [0.5, 0.6) is 0 Å². The summed E-state index contributed by atoms with van der Waals surface area (Å²) in [6.07, 6.45) is 0.170. The first-order valence-electron chi connectivity index (χ1n) is 6.50. The number of rotatable bonds is 7. The summed E-state index contributed by atoms with van der Waals surface area (Å²) < 4.78 is 12.9. The van der Waals surface area contributed by atoms with Crippen LogP contribution in [-0.4, -0.2) is 47.8 Å². The highest BCUT2D eigenvalue weighted by Gasteiger charge is 2.40. The number of carbonyl (C=O) groups excluding carboxylic acids is 4. The Labute approximate surface area is 133 Å². The predicted molar refractivity (Wildman–Crippen MR) is 79.0 cm³/mol. The van der Waals surface area contributed by atoms with Crippen LogP contribution in [0.2, 0.25) is 0 Å². The molecule has 0 heterocycles. The molecule has 0 aromatic rings. The second-order valence-electron chi connectivity index (χ2n) is 4.74. The van der Waals surface area contributed by atoms with Gasteiger partial charge < -0.3 is 19.5 Å². The number of thioether (sulfide) groups is 1. The average Bonchev–Trinajstić information content (AvgIpc) is 2.42. The molecular formula is C13H21NO7S. The topological polar surface area (TPSA) is 108 Å². The van der Waals surface area contributed by atoms with Crippen molar-refractivity contribution in [2.45, 2.75) is 44.9 Å². The molecule has 0 aliphatic carbocycles. The van der Waals surface area contributed by atoms with Crippen molar-refractivity contribution in [3.8, 4) is 0 Å². The lowest BCUT2D eigenvalue weighted by atomic mass is 10.0. The van der Waals surface area contributed by atoms with Crippen molar-refractivity contribution < 1.29 is 33.4 Å². The Morgan fingerprint density at radius 2 is 1.77 bits per heavy atom. The summed E-state index contributed by atoms with van der Waals surface area (Å²) in [5.74, 6) is -1.62. The van der Waals surface area contributed by atoms with E-state index in [1.165, 1.54) is 14.0 Å². The Hall–Kier alpha value is -1.77. The van der Waals surface area contributed by atoms with Gasteiger partial charge in [0.05, 0.1) is 11.9 Å². The summed E-state index contributed by atoms with van der Waals surface area (Å²) in [6, 6.07) is -1.04. The molecule has 0 saturated carbocycles. The first kappa shape index (κ1) is 20.2. The molecule has 1 amide bonds. The molecule has 0 fully saturated rings. The van der Waals surface area contributed by atoms with E-state index in [4.69, 9.17) is 4.74 Å². The number of amides is 1. The van der Waals surface area contributed by atoms with Crippen molar-refractivity contribution in [3.63, 3.8) is 0 Å². The number of hydrogen-bond donors (Lipinski definition) is 1. The molecule has 0 radical (unpaired) electrons. The molecule has 8 nitrogen and oxygen atoms in total. The standard InChI is InChI=1S/C13H21NO7S/c1-6-9(16)20-7-21-12(18)22-13(3,4)10(11(17)19-5)14-8(2)15/h10H,6-7H2,1-5H3,(H,14,15)/t10-/m0/s1. The number of carbonyl (C=O) groups is 4. The van der Waals surface area contributed by atoms with Crippen LogP contribution in [0.3, 0.4) is 0 Å². The highest BCUT2D eigenvalue weighted by molar-refractivity contribution is 8.14. The fourth-order valence-electron chi connectivity index (χ4n) is 1.39. The fraction of sp³-hybridized carbons (Fsp3) is 0.692. The van der Waals surface area contributed by atoms with Crippen LogP contribution >= 0.6 is 11.8 Å². The summed E-state index contributed by atoms with van der Waals surface area (Å²) in [4.78, 5) is 45.6. The Bertz CT molecular complexity index is 436. The molecular weight excluding hydrogens is 314 g/mol. The Morgan fingerprint density at radius 3 is 2.23 bits per heavy atom. The number of esters is 2. The Kier molecular flexibility index (Phi) is 8.54. The van der Waals surface area contributed by atoms with E-state index in [0.29, 0.717) is 11.8 Å². The maximum Gasteiger partial charge on any atom is 0.370 e. The van der Waals surface area contributed by atoms with Gasteiger partial charge in [-0.1, -0.05) is 6.92 Å². The van der Waals surface area contributed by atoms with Crippen molar-refractivity contribution in [2.75, 3.05) is 13.9 Å². The van der Waals surface area contributed by atoms with Crippen molar-refractivity contribution in [1.29, 1.82) is 0 Å². The molecule has 0 unspecified atom stereocenters. The molecule has 0 aliphatic heterocycles. The van der Waals surface area contributed by atoms with E-state index < -0.39 is 40.7 Å². The van der Waals surface area contributed by atoms with Gasteiger partial charge >= 0.3 is 17.2 Å². The van der Waals surface area contributed by atoms with Crippen LogP contribution in [0.1, 0.15) is 34.1 Å². The maximum absolute atomic E-state index is 11.7. The SMILES string of the molecule is CCC(=O)OCOC(=O)SC(C)(C)[C@@H](NC(C)=O)C(=O)OC. The van der Waals surface area contributed by atoms with Crippen LogP contribution in [-0.2, 0) is 28.6 Å². The van der Waals surface area contributed by atoms with E-state index in [1.54, 1.807) is 20.8 Å². The smallest absolute Gasteiger partial charge is 0.370 e. The minimum Gasteiger partial charge on any atom is -0.467 e. The summed E-state index contributed by atoms with van der Waals surface area (Å²) in [5, 5.41) is 1.69. The number of ether oxygens (including phenoxy) is 3. The van der Waals surface area contributed by atoms with Gasteiger partial charge in [-0.3, -0.25) is 9.59 Å². The first-order chi connectivity index (χ1) is 10.1. The minimum absolute atomic E-state index is 0.170. The minimum atomic E-state index is -1.04. The van der Waals surface area contributed by atoms with E-state index >= 15 is 0 Å². The zero-order chi connectivity index (χ0) is 17.3. The Balaban J connectivity index is 4.67. The second-order valence-corrected chi connectivity index (χ2v) is 6.33. The van der Waals surface area contributed by atoms with Crippen molar-refractivity contribution in [1.82, 2.24) is 5.32 Å². The average molecular weight is 335 g/mol. The van der Waals surface area contributed by atoms with Gasteiger partial charge in [0.15, 0.2) is 0 Å². The van der Waals surface area contributed by atoms with Gasteiger partial charge in [-0.05, 0) is 25.6 Å². The lowest BCUT2D eigenvalue weighted by molar-refractivity contribution is -0.150. The highest BCUT2D eigenvalue weighted by Crippen LogP contribution is 2.30. The summed E-state index contributed by atoms with van der Waals surface area (Å²) in [6.45, 7) is 5.51. The molecule has 1 N–H and O–H groups in total. The molecule has 22 heavy (non-hydrogen) atoms.